The van der Waals surface area contributed by atoms with Crippen molar-refractivity contribution >= 4 is 5.91 Å². The van der Waals surface area contributed by atoms with Gasteiger partial charge >= 0.3 is 0 Å². The number of benzene rings is 1. The van der Waals surface area contributed by atoms with Gasteiger partial charge in [0.2, 0.25) is 5.91 Å². The SMILES string of the molecule is Cc1ccc(CN2CCC([C@H]3OCC[C@@H]3C(N)=O)CC2)cc1C. The fourth-order valence-corrected chi connectivity index (χ4v) is 3.98. The maximum Gasteiger partial charge on any atom is 0.223 e. The van der Waals surface area contributed by atoms with Gasteiger partial charge in [-0.25, -0.2) is 0 Å². The van der Waals surface area contributed by atoms with Crippen LogP contribution in [0.1, 0.15) is 36.0 Å². The molecule has 1 amide bonds. The number of nitrogens with two attached hydrogens (primary N) is 1. The fourth-order valence-electron chi connectivity index (χ4n) is 3.98. The summed E-state index contributed by atoms with van der Waals surface area (Å²) < 4.78 is 5.83. The normalized spacial score (nSPS) is 26.5. The van der Waals surface area contributed by atoms with Crippen molar-refractivity contribution in [1.82, 2.24) is 4.90 Å². The zero-order chi connectivity index (χ0) is 16.4. The van der Waals surface area contributed by atoms with E-state index < -0.39 is 0 Å². The van der Waals surface area contributed by atoms with Gasteiger partial charge in [0.1, 0.15) is 0 Å². The summed E-state index contributed by atoms with van der Waals surface area (Å²) in [7, 11) is 0. The molecular formula is C19H28N2O2. The predicted molar refractivity (Wildman–Crippen MR) is 91.0 cm³/mol. The number of ether oxygens (including phenoxy) is 1. The van der Waals surface area contributed by atoms with Crippen LogP contribution in [0.3, 0.4) is 0 Å². The smallest absolute Gasteiger partial charge is 0.223 e. The van der Waals surface area contributed by atoms with Gasteiger partial charge in [-0.3, -0.25) is 9.69 Å². The van der Waals surface area contributed by atoms with Crippen molar-refractivity contribution in [3.05, 3.63) is 34.9 Å². The molecule has 0 radical (unpaired) electrons. The molecule has 3 rings (SSSR count). The lowest BCUT2D eigenvalue weighted by Gasteiger charge is -2.35. The zero-order valence-electron chi connectivity index (χ0n) is 14.3. The Balaban J connectivity index is 1.54. The van der Waals surface area contributed by atoms with E-state index >= 15 is 0 Å². The molecule has 2 N–H and O–H groups in total. The Morgan fingerprint density at radius 1 is 1.22 bits per heavy atom. The number of carbonyl (C=O) groups excluding carboxylic acids is 1. The topological polar surface area (TPSA) is 55.6 Å². The Labute approximate surface area is 139 Å². The first-order valence-corrected chi connectivity index (χ1v) is 8.74. The largest absolute Gasteiger partial charge is 0.377 e. The maximum absolute atomic E-state index is 11.6. The second-order valence-corrected chi connectivity index (χ2v) is 7.17. The number of hydrogen-bond donors (Lipinski definition) is 1. The van der Waals surface area contributed by atoms with Gasteiger partial charge in [-0.2, -0.15) is 0 Å². The molecule has 126 valence electrons. The Morgan fingerprint density at radius 3 is 2.61 bits per heavy atom. The van der Waals surface area contributed by atoms with Gasteiger partial charge in [0.25, 0.3) is 0 Å². The van der Waals surface area contributed by atoms with Crippen molar-refractivity contribution in [1.29, 1.82) is 0 Å². The Hall–Kier alpha value is -1.39. The van der Waals surface area contributed by atoms with Crippen molar-refractivity contribution < 1.29 is 9.53 Å². The molecule has 0 spiro atoms. The highest BCUT2D eigenvalue weighted by Gasteiger charge is 2.39. The molecule has 4 heteroatoms. The lowest BCUT2D eigenvalue weighted by Crippen LogP contribution is -2.41. The van der Waals surface area contributed by atoms with Gasteiger partial charge in [0.15, 0.2) is 0 Å². The van der Waals surface area contributed by atoms with Gasteiger partial charge in [-0.15, -0.1) is 0 Å². The fraction of sp³-hybridized carbons (Fsp3) is 0.632. The minimum absolute atomic E-state index is 0.0521. The zero-order valence-corrected chi connectivity index (χ0v) is 14.3. The second-order valence-electron chi connectivity index (χ2n) is 7.17. The van der Waals surface area contributed by atoms with Gasteiger partial charge in [0, 0.05) is 13.2 Å². The van der Waals surface area contributed by atoms with E-state index in [2.05, 4.69) is 36.9 Å². The van der Waals surface area contributed by atoms with Crippen molar-refractivity contribution in [2.45, 2.75) is 45.8 Å². The van der Waals surface area contributed by atoms with Crippen LogP contribution in [-0.2, 0) is 16.1 Å². The molecule has 0 unspecified atom stereocenters. The van der Waals surface area contributed by atoms with Gasteiger partial charge < -0.3 is 10.5 Å². The first kappa shape index (κ1) is 16.5. The Kier molecular flexibility index (Phi) is 5.02. The minimum Gasteiger partial charge on any atom is -0.377 e. The molecule has 2 aliphatic rings. The average Bonchev–Trinajstić information content (AvgIpc) is 3.01. The number of nitrogens with zero attached hydrogens (tertiary/aromatic N) is 1. The average molecular weight is 316 g/mol. The first-order chi connectivity index (χ1) is 11.0. The number of aryl methyl sites for hydroxylation is 2. The van der Waals surface area contributed by atoms with Crippen LogP contribution in [0, 0.1) is 25.7 Å². The monoisotopic (exact) mass is 316 g/mol. The van der Waals surface area contributed by atoms with Crippen LogP contribution in [0.2, 0.25) is 0 Å². The molecule has 0 aromatic heterocycles. The second kappa shape index (κ2) is 7.02. The number of rotatable bonds is 4. The molecule has 2 atom stereocenters. The summed E-state index contributed by atoms with van der Waals surface area (Å²) in [6, 6.07) is 6.74. The van der Waals surface area contributed by atoms with E-state index in [4.69, 9.17) is 10.5 Å². The highest BCUT2D eigenvalue weighted by Crippen LogP contribution is 2.33. The number of amides is 1. The molecule has 1 aromatic carbocycles. The molecule has 4 nitrogen and oxygen atoms in total. The van der Waals surface area contributed by atoms with Crippen molar-refractivity contribution in [2.24, 2.45) is 17.6 Å². The van der Waals surface area contributed by atoms with E-state index in [9.17, 15) is 4.79 Å². The standard InChI is InChI=1S/C19H28N2O2/c1-13-3-4-15(11-14(13)2)12-21-8-5-16(6-9-21)18-17(19(20)22)7-10-23-18/h3-4,11,16-18H,5-10,12H2,1-2H3,(H2,20,22)/t17-,18+/m0/s1. The number of likely N-dealkylation sites (tertiary alicyclic amines) is 1. The van der Waals surface area contributed by atoms with Gasteiger partial charge in [-0.1, -0.05) is 18.2 Å². The third-order valence-electron chi connectivity index (χ3n) is 5.58. The molecule has 0 aliphatic carbocycles. The van der Waals surface area contributed by atoms with Crippen LogP contribution < -0.4 is 5.73 Å². The van der Waals surface area contributed by atoms with Crippen LogP contribution in [0.15, 0.2) is 18.2 Å². The highest BCUT2D eigenvalue weighted by atomic mass is 16.5. The van der Waals surface area contributed by atoms with Crippen LogP contribution in [0.4, 0.5) is 0 Å². The third kappa shape index (κ3) is 3.75. The summed E-state index contributed by atoms with van der Waals surface area (Å²) in [5.74, 6) is 0.211. The summed E-state index contributed by atoms with van der Waals surface area (Å²) >= 11 is 0. The maximum atomic E-state index is 11.6. The summed E-state index contributed by atoms with van der Waals surface area (Å²) in [6.07, 6.45) is 3.04. The lowest BCUT2D eigenvalue weighted by atomic mass is 9.84. The van der Waals surface area contributed by atoms with E-state index in [-0.39, 0.29) is 17.9 Å². The molecule has 2 saturated heterocycles. The highest BCUT2D eigenvalue weighted by molar-refractivity contribution is 5.77. The number of hydrogen-bond acceptors (Lipinski definition) is 3. The summed E-state index contributed by atoms with van der Waals surface area (Å²) in [6.45, 7) is 8.17. The molecular weight excluding hydrogens is 288 g/mol. The quantitative estimate of drug-likeness (QED) is 0.928. The molecule has 2 fully saturated rings. The van der Waals surface area contributed by atoms with Crippen LogP contribution in [0.5, 0.6) is 0 Å². The number of primary amides is 1. The van der Waals surface area contributed by atoms with E-state index in [1.54, 1.807) is 0 Å². The first-order valence-electron chi connectivity index (χ1n) is 8.74. The predicted octanol–water partition coefficient (Wildman–Crippen LogP) is 2.41. The molecule has 0 bridgehead atoms. The van der Waals surface area contributed by atoms with Gasteiger partial charge in [0.05, 0.1) is 12.0 Å². The molecule has 2 heterocycles. The van der Waals surface area contributed by atoms with Gasteiger partial charge in [-0.05, 0) is 68.8 Å². The van der Waals surface area contributed by atoms with E-state index in [1.165, 1.54) is 16.7 Å². The van der Waals surface area contributed by atoms with Crippen molar-refractivity contribution in [3.63, 3.8) is 0 Å². The van der Waals surface area contributed by atoms with Crippen molar-refractivity contribution in [2.75, 3.05) is 19.7 Å². The Morgan fingerprint density at radius 2 is 1.96 bits per heavy atom. The molecule has 0 saturated carbocycles. The number of carbonyl (C=O) groups is 1. The van der Waals surface area contributed by atoms with Crippen LogP contribution in [-0.4, -0.2) is 36.6 Å². The molecule has 23 heavy (non-hydrogen) atoms. The van der Waals surface area contributed by atoms with E-state index in [0.29, 0.717) is 12.5 Å². The molecule has 2 aliphatic heterocycles. The molecule has 1 aromatic rings. The minimum atomic E-state index is -0.190. The summed E-state index contributed by atoms with van der Waals surface area (Å²) in [5, 5.41) is 0. The Bertz CT molecular complexity index is 564. The summed E-state index contributed by atoms with van der Waals surface area (Å²) in [5.41, 5.74) is 9.62. The summed E-state index contributed by atoms with van der Waals surface area (Å²) in [4.78, 5) is 14.1. The third-order valence-corrected chi connectivity index (χ3v) is 5.58. The number of piperidine rings is 1. The van der Waals surface area contributed by atoms with E-state index in [0.717, 1.165) is 38.9 Å². The lowest BCUT2D eigenvalue weighted by molar-refractivity contribution is -0.124. The van der Waals surface area contributed by atoms with Crippen LogP contribution in [0.25, 0.3) is 0 Å². The van der Waals surface area contributed by atoms with Crippen molar-refractivity contribution in [3.8, 4) is 0 Å². The van der Waals surface area contributed by atoms with E-state index in [1.807, 2.05) is 0 Å². The van der Waals surface area contributed by atoms with Crippen LogP contribution >= 0.6 is 0 Å².